The Labute approximate surface area is 107 Å². The molecule has 1 aromatic carbocycles. The Morgan fingerprint density at radius 1 is 1.33 bits per heavy atom. The van der Waals surface area contributed by atoms with Crippen molar-refractivity contribution in [2.45, 2.75) is 31.8 Å². The third-order valence-corrected chi connectivity index (χ3v) is 3.11. The molecule has 0 amide bonds. The van der Waals surface area contributed by atoms with Crippen molar-refractivity contribution in [3.8, 4) is 6.07 Å². The van der Waals surface area contributed by atoms with E-state index in [0.717, 1.165) is 12.8 Å². The van der Waals surface area contributed by atoms with Crippen LogP contribution in [0.4, 0.5) is 10.1 Å². The van der Waals surface area contributed by atoms with Gasteiger partial charge in [0, 0.05) is 12.2 Å². The number of benzene rings is 1. The van der Waals surface area contributed by atoms with E-state index >= 15 is 0 Å². The van der Waals surface area contributed by atoms with E-state index in [-0.39, 0.29) is 0 Å². The largest absolute Gasteiger partial charge is 0.383 e. The van der Waals surface area contributed by atoms with E-state index in [2.05, 4.69) is 5.32 Å². The number of ether oxygens (including phenoxy) is 1. The van der Waals surface area contributed by atoms with E-state index in [1.807, 2.05) is 6.07 Å². The highest BCUT2D eigenvalue weighted by atomic mass is 19.1. The monoisotopic (exact) mass is 248 g/mol. The van der Waals surface area contributed by atoms with E-state index in [4.69, 9.17) is 10.00 Å². The Hall–Kier alpha value is -1.60. The normalized spacial score (nSPS) is 15.6. The minimum atomic E-state index is -0.395. The second-order valence-corrected chi connectivity index (χ2v) is 4.54. The molecule has 4 heteroatoms. The number of hydrogen-bond acceptors (Lipinski definition) is 3. The van der Waals surface area contributed by atoms with Crippen LogP contribution in [0, 0.1) is 17.1 Å². The Kier molecular flexibility index (Phi) is 4.54. The molecule has 1 N–H and O–H groups in total. The summed E-state index contributed by atoms with van der Waals surface area (Å²) in [6.45, 7) is 1.24. The van der Waals surface area contributed by atoms with Crippen LogP contribution in [0.15, 0.2) is 18.2 Å². The van der Waals surface area contributed by atoms with Crippen LogP contribution in [0.3, 0.4) is 0 Å². The van der Waals surface area contributed by atoms with Crippen LogP contribution in [0.25, 0.3) is 0 Å². The minimum absolute atomic E-state index is 0.328. The molecule has 0 spiro atoms. The topological polar surface area (TPSA) is 45.0 Å². The maximum absolute atomic E-state index is 13.1. The molecule has 96 valence electrons. The van der Waals surface area contributed by atoms with Gasteiger partial charge in [0.25, 0.3) is 0 Å². The minimum Gasteiger partial charge on any atom is -0.383 e. The number of hydrogen-bond donors (Lipinski definition) is 1. The molecule has 1 saturated carbocycles. The number of rotatable bonds is 5. The maximum atomic E-state index is 13.1. The Balaban J connectivity index is 1.75. The molecule has 0 aromatic heterocycles. The summed E-state index contributed by atoms with van der Waals surface area (Å²) in [5.74, 6) is -0.395. The fourth-order valence-electron chi connectivity index (χ4n) is 2.23. The number of halogens is 1. The van der Waals surface area contributed by atoms with Gasteiger partial charge in [-0.15, -0.1) is 0 Å². The zero-order valence-corrected chi connectivity index (χ0v) is 10.3. The van der Waals surface area contributed by atoms with Gasteiger partial charge in [0.05, 0.1) is 24.3 Å². The lowest BCUT2D eigenvalue weighted by Gasteiger charge is -2.12. The third-order valence-electron chi connectivity index (χ3n) is 3.11. The fraction of sp³-hybridized carbons (Fsp3) is 0.500. The van der Waals surface area contributed by atoms with Crippen LogP contribution in [-0.4, -0.2) is 19.3 Å². The SMILES string of the molecule is N#Cc1cc(F)cc(NCCOC2CCCC2)c1. The Bertz CT molecular complexity index is 436. The summed E-state index contributed by atoms with van der Waals surface area (Å²) < 4.78 is 18.8. The highest BCUT2D eigenvalue weighted by Crippen LogP contribution is 2.20. The number of nitriles is 1. The van der Waals surface area contributed by atoms with Crippen molar-refractivity contribution in [3.05, 3.63) is 29.6 Å². The highest BCUT2D eigenvalue weighted by Gasteiger charge is 2.14. The molecule has 3 nitrogen and oxygen atoms in total. The third kappa shape index (κ3) is 3.71. The first-order valence-electron chi connectivity index (χ1n) is 6.34. The van der Waals surface area contributed by atoms with Crippen molar-refractivity contribution in [1.29, 1.82) is 5.26 Å². The maximum Gasteiger partial charge on any atom is 0.126 e. The predicted molar refractivity (Wildman–Crippen MR) is 67.8 cm³/mol. The summed E-state index contributed by atoms with van der Waals surface area (Å²) >= 11 is 0. The molecule has 1 aliphatic rings. The second-order valence-electron chi connectivity index (χ2n) is 4.54. The zero-order valence-electron chi connectivity index (χ0n) is 10.3. The van der Waals surface area contributed by atoms with Crippen LogP contribution < -0.4 is 5.32 Å². The van der Waals surface area contributed by atoms with Gasteiger partial charge in [-0.2, -0.15) is 5.26 Å². The molecule has 1 aromatic rings. The van der Waals surface area contributed by atoms with Gasteiger partial charge in [-0.1, -0.05) is 12.8 Å². The summed E-state index contributed by atoms with van der Waals surface area (Å²) in [7, 11) is 0. The van der Waals surface area contributed by atoms with Gasteiger partial charge in [-0.25, -0.2) is 4.39 Å². The molecule has 1 aliphatic carbocycles. The van der Waals surface area contributed by atoms with Crippen molar-refractivity contribution in [3.63, 3.8) is 0 Å². The molecule has 0 radical (unpaired) electrons. The average Bonchev–Trinajstić information content (AvgIpc) is 2.87. The first kappa shape index (κ1) is 12.8. The van der Waals surface area contributed by atoms with Crippen molar-refractivity contribution < 1.29 is 9.13 Å². The lowest BCUT2D eigenvalue weighted by molar-refractivity contribution is 0.0659. The molecule has 0 bridgehead atoms. The van der Waals surface area contributed by atoms with Crippen molar-refractivity contribution >= 4 is 5.69 Å². The van der Waals surface area contributed by atoms with Crippen LogP contribution in [-0.2, 0) is 4.74 Å². The van der Waals surface area contributed by atoms with Crippen molar-refractivity contribution in [2.75, 3.05) is 18.5 Å². The van der Waals surface area contributed by atoms with Gasteiger partial charge in [-0.05, 0) is 31.0 Å². The van der Waals surface area contributed by atoms with Crippen molar-refractivity contribution in [2.24, 2.45) is 0 Å². The second kappa shape index (κ2) is 6.36. The molecule has 0 aliphatic heterocycles. The van der Waals surface area contributed by atoms with Gasteiger partial charge in [-0.3, -0.25) is 0 Å². The molecular weight excluding hydrogens is 231 g/mol. The molecule has 0 saturated heterocycles. The van der Waals surface area contributed by atoms with Crippen molar-refractivity contribution in [1.82, 2.24) is 0 Å². The molecule has 0 unspecified atom stereocenters. The molecule has 18 heavy (non-hydrogen) atoms. The average molecular weight is 248 g/mol. The zero-order chi connectivity index (χ0) is 12.8. The number of anilines is 1. The lowest BCUT2D eigenvalue weighted by atomic mass is 10.2. The predicted octanol–water partition coefficient (Wildman–Crippen LogP) is 3.07. The molecule has 2 rings (SSSR count). The molecule has 0 atom stereocenters. The summed E-state index contributed by atoms with van der Waals surface area (Å²) in [6.07, 6.45) is 5.21. The first-order chi connectivity index (χ1) is 8.78. The number of nitrogens with zero attached hydrogens (tertiary/aromatic N) is 1. The molecular formula is C14H17FN2O. The highest BCUT2D eigenvalue weighted by molar-refractivity contribution is 5.49. The summed E-state index contributed by atoms with van der Waals surface area (Å²) in [5.41, 5.74) is 0.954. The van der Waals surface area contributed by atoms with E-state index < -0.39 is 5.82 Å². The molecule has 0 heterocycles. The fourth-order valence-corrected chi connectivity index (χ4v) is 2.23. The Morgan fingerprint density at radius 2 is 2.11 bits per heavy atom. The quantitative estimate of drug-likeness (QED) is 0.814. The van der Waals surface area contributed by atoms with Crippen LogP contribution in [0.5, 0.6) is 0 Å². The van der Waals surface area contributed by atoms with E-state index in [0.29, 0.717) is 30.5 Å². The van der Waals surface area contributed by atoms with E-state index in [1.165, 1.54) is 25.0 Å². The van der Waals surface area contributed by atoms with E-state index in [9.17, 15) is 4.39 Å². The van der Waals surface area contributed by atoms with Gasteiger partial charge >= 0.3 is 0 Å². The van der Waals surface area contributed by atoms with E-state index in [1.54, 1.807) is 6.07 Å². The van der Waals surface area contributed by atoms with Crippen LogP contribution >= 0.6 is 0 Å². The Morgan fingerprint density at radius 3 is 2.83 bits per heavy atom. The first-order valence-corrected chi connectivity index (χ1v) is 6.34. The van der Waals surface area contributed by atoms with Gasteiger partial charge in [0.15, 0.2) is 0 Å². The van der Waals surface area contributed by atoms with Gasteiger partial charge < -0.3 is 10.1 Å². The molecule has 1 fully saturated rings. The lowest BCUT2D eigenvalue weighted by Crippen LogP contribution is -2.15. The summed E-state index contributed by atoms with van der Waals surface area (Å²) in [4.78, 5) is 0. The number of nitrogens with one attached hydrogen (secondary N) is 1. The van der Waals surface area contributed by atoms with Crippen LogP contribution in [0.2, 0.25) is 0 Å². The standard InChI is InChI=1S/C14H17FN2O/c15-12-7-11(10-16)8-13(9-12)17-5-6-18-14-3-1-2-4-14/h7-9,14,17H,1-6H2. The van der Waals surface area contributed by atoms with Crippen LogP contribution in [0.1, 0.15) is 31.2 Å². The summed E-state index contributed by atoms with van der Waals surface area (Å²) in [5, 5.41) is 11.8. The van der Waals surface area contributed by atoms with Gasteiger partial charge in [0.2, 0.25) is 0 Å². The smallest absolute Gasteiger partial charge is 0.126 e. The van der Waals surface area contributed by atoms with Gasteiger partial charge in [0.1, 0.15) is 5.82 Å². The summed E-state index contributed by atoms with van der Waals surface area (Å²) in [6, 6.07) is 6.18.